The number of nitrogens with zero attached hydrogens (tertiary/aromatic N) is 2. The van der Waals surface area contributed by atoms with E-state index in [-0.39, 0.29) is 0 Å². The van der Waals surface area contributed by atoms with Gasteiger partial charge in [0.1, 0.15) is 49.3 Å². The Morgan fingerprint density at radius 3 is 1.79 bits per heavy atom. The van der Waals surface area contributed by atoms with Crippen LogP contribution in [-0.2, 0) is 14.2 Å². The van der Waals surface area contributed by atoms with Gasteiger partial charge >= 0.3 is 0 Å². The van der Waals surface area contributed by atoms with E-state index in [0.29, 0.717) is 0 Å². The maximum Gasteiger partial charge on any atom is 0.230 e. The normalized spacial score (nSPS) is 46.3. The Morgan fingerprint density at radius 2 is 1.36 bits per heavy atom. The van der Waals surface area contributed by atoms with E-state index in [1.54, 1.807) is 0 Å². The van der Waals surface area contributed by atoms with Gasteiger partial charge in [0.05, 0.1) is 25.4 Å². The zero-order valence-corrected chi connectivity index (χ0v) is 14.4. The molecule has 9 atom stereocenters. The number of hydrogen-bond donors (Lipinski definition) is 8. The minimum Gasteiger partial charge on any atom is -0.394 e. The van der Waals surface area contributed by atoms with Gasteiger partial charge in [-0.1, -0.05) is 0 Å². The lowest BCUT2D eigenvalue weighted by molar-refractivity contribution is -0.439. The fourth-order valence-corrected chi connectivity index (χ4v) is 3.28. The van der Waals surface area contributed by atoms with E-state index in [2.05, 4.69) is 0 Å². The molecule has 2 heterocycles. The first-order valence-corrected chi connectivity index (χ1v) is 8.25. The SMILES string of the molecule is N#CC(C#N)[C@@]1(OC2(CO)O[C@H](CO)[C@@H](O)[C@@H]2O)O[C@H](CO)[C@@H](O)[C@H](O)[C@H]1O. The Kier molecular flexibility index (Phi) is 6.93. The zero-order chi connectivity index (χ0) is 21.3. The van der Waals surface area contributed by atoms with Crippen LogP contribution in [0.5, 0.6) is 0 Å². The summed E-state index contributed by atoms with van der Waals surface area (Å²) in [7, 11) is 0. The van der Waals surface area contributed by atoms with Crippen LogP contribution in [0.25, 0.3) is 0 Å². The van der Waals surface area contributed by atoms with Crippen molar-refractivity contribution < 1.29 is 55.1 Å². The first kappa shape index (κ1) is 22.8. The van der Waals surface area contributed by atoms with Crippen molar-refractivity contribution in [1.29, 1.82) is 10.5 Å². The molecule has 2 saturated heterocycles. The minimum atomic E-state index is -2.82. The van der Waals surface area contributed by atoms with E-state index < -0.39 is 80.0 Å². The molecular formula is C15H22N2O11. The van der Waals surface area contributed by atoms with Crippen molar-refractivity contribution in [1.82, 2.24) is 0 Å². The Labute approximate surface area is 158 Å². The van der Waals surface area contributed by atoms with Crippen molar-refractivity contribution >= 4 is 0 Å². The summed E-state index contributed by atoms with van der Waals surface area (Å²) in [4.78, 5) is 0. The summed E-state index contributed by atoms with van der Waals surface area (Å²) in [6.07, 6.45) is -13.0. The van der Waals surface area contributed by atoms with Crippen molar-refractivity contribution in [3.05, 3.63) is 0 Å². The molecule has 0 saturated carbocycles. The molecule has 13 heteroatoms. The Morgan fingerprint density at radius 1 is 0.821 bits per heavy atom. The summed E-state index contributed by atoms with van der Waals surface area (Å²) in [6, 6.07) is 2.93. The van der Waals surface area contributed by atoms with Crippen LogP contribution in [0.15, 0.2) is 0 Å². The third-order valence-corrected chi connectivity index (χ3v) is 4.88. The molecular weight excluding hydrogens is 384 g/mol. The average Bonchev–Trinajstić information content (AvgIpc) is 2.94. The number of ether oxygens (including phenoxy) is 3. The van der Waals surface area contributed by atoms with Gasteiger partial charge in [-0.2, -0.15) is 10.5 Å². The molecule has 2 rings (SSSR count). The fourth-order valence-electron chi connectivity index (χ4n) is 3.28. The van der Waals surface area contributed by atoms with Crippen LogP contribution in [0.1, 0.15) is 0 Å². The number of aliphatic hydroxyl groups excluding tert-OH is 8. The van der Waals surface area contributed by atoms with Gasteiger partial charge in [0.2, 0.25) is 11.6 Å². The maximum atomic E-state index is 10.5. The second-order valence-corrected chi connectivity index (χ2v) is 6.52. The summed E-state index contributed by atoms with van der Waals surface area (Å²) >= 11 is 0. The van der Waals surface area contributed by atoms with Gasteiger partial charge < -0.3 is 55.1 Å². The monoisotopic (exact) mass is 406 g/mol. The van der Waals surface area contributed by atoms with Gasteiger partial charge in [0, 0.05) is 0 Å². The summed E-state index contributed by atoms with van der Waals surface area (Å²) in [5.74, 6) is -7.41. The van der Waals surface area contributed by atoms with E-state index >= 15 is 0 Å². The largest absolute Gasteiger partial charge is 0.394 e. The van der Waals surface area contributed by atoms with Crippen LogP contribution in [0.2, 0.25) is 0 Å². The number of hydrogen-bond acceptors (Lipinski definition) is 13. The van der Waals surface area contributed by atoms with Crippen LogP contribution in [0, 0.1) is 28.6 Å². The molecule has 0 amide bonds. The van der Waals surface area contributed by atoms with Crippen LogP contribution >= 0.6 is 0 Å². The highest BCUT2D eigenvalue weighted by molar-refractivity contribution is 5.15. The molecule has 0 bridgehead atoms. The molecule has 158 valence electrons. The zero-order valence-electron chi connectivity index (χ0n) is 14.4. The van der Waals surface area contributed by atoms with Crippen LogP contribution in [0.3, 0.4) is 0 Å². The van der Waals surface area contributed by atoms with Crippen molar-refractivity contribution in [2.75, 3.05) is 19.8 Å². The highest BCUT2D eigenvalue weighted by Crippen LogP contribution is 2.44. The number of rotatable bonds is 6. The maximum absolute atomic E-state index is 10.5. The Balaban J connectivity index is 2.55. The third-order valence-electron chi connectivity index (χ3n) is 4.88. The van der Waals surface area contributed by atoms with Crippen molar-refractivity contribution in [3.8, 4) is 12.1 Å². The number of nitriles is 2. The van der Waals surface area contributed by atoms with Gasteiger partial charge in [-0.25, -0.2) is 0 Å². The van der Waals surface area contributed by atoms with E-state index in [9.17, 15) is 51.4 Å². The quantitative estimate of drug-likeness (QED) is 0.206. The van der Waals surface area contributed by atoms with E-state index in [1.807, 2.05) is 0 Å². The standard InChI is InChI=1S/C15H22N2O11/c16-1-6(2-17)15(13(25)11(23)9(21)7(3-18)27-15)28-14(5-20)12(24)10(22)8(4-19)26-14/h6-13,18-25H,3-5H2/t7-,8-,9-,10-,11+,12+,13-,14?,15+/m1/s1. The smallest absolute Gasteiger partial charge is 0.230 e. The van der Waals surface area contributed by atoms with E-state index in [0.717, 1.165) is 0 Å². The van der Waals surface area contributed by atoms with Crippen molar-refractivity contribution in [2.24, 2.45) is 5.92 Å². The minimum absolute atomic E-state index is 0.805. The predicted octanol–water partition coefficient (Wildman–Crippen LogP) is -5.36. The predicted molar refractivity (Wildman–Crippen MR) is 82.3 cm³/mol. The Hall–Kier alpha value is -1.46. The lowest BCUT2D eigenvalue weighted by Gasteiger charge is -2.51. The molecule has 8 N–H and O–H groups in total. The van der Waals surface area contributed by atoms with Crippen LogP contribution in [0.4, 0.5) is 0 Å². The molecule has 2 aliphatic rings. The highest BCUT2D eigenvalue weighted by atomic mass is 16.8. The van der Waals surface area contributed by atoms with Gasteiger partial charge in [0.25, 0.3) is 0 Å². The topological polar surface area (TPSA) is 237 Å². The van der Waals surface area contributed by atoms with E-state index in [4.69, 9.17) is 14.2 Å². The molecule has 0 aromatic rings. The number of aliphatic hydroxyl groups is 8. The summed E-state index contributed by atoms with van der Waals surface area (Å²) in [5, 5.41) is 97.7. The summed E-state index contributed by atoms with van der Waals surface area (Å²) < 4.78 is 15.9. The molecule has 0 radical (unpaired) electrons. The molecule has 28 heavy (non-hydrogen) atoms. The summed E-state index contributed by atoms with van der Waals surface area (Å²) in [6.45, 7) is -2.91. The molecule has 0 aromatic carbocycles. The van der Waals surface area contributed by atoms with E-state index in [1.165, 1.54) is 12.1 Å². The molecule has 2 aliphatic heterocycles. The van der Waals surface area contributed by atoms with Crippen molar-refractivity contribution in [3.63, 3.8) is 0 Å². The lowest BCUT2D eigenvalue weighted by atomic mass is 9.85. The second kappa shape index (κ2) is 8.50. The third kappa shape index (κ3) is 3.37. The first-order valence-electron chi connectivity index (χ1n) is 8.25. The van der Waals surface area contributed by atoms with Gasteiger partial charge in [-0.15, -0.1) is 0 Å². The second-order valence-electron chi connectivity index (χ2n) is 6.52. The highest BCUT2D eigenvalue weighted by Gasteiger charge is 2.66. The lowest BCUT2D eigenvalue weighted by Crippen LogP contribution is -2.71. The molecule has 0 spiro atoms. The van der Waals surface area contributed by atoms with Crippen LogP contribution < -0.4 is 0 Å². The van der Waals surface area contributed by atoms with Crippen LogP contribution in [-0.4, -0.2) is 115 Å². The summed E-state index contributed by atoms with van der Waals surface area (Å²) in [5.41, 5.74) is 0. The molecule has 0 aliphatic carbocycles. The Bertz CT molecular complexity index is 622. The first-order chi connectivity index (χ1) is 13.2. The molecule has 2 fully saturated rings. The van der Waals surface area contributed by atoms with Gasteiger partial charge in [0.15, 0.2) is 5.92 Å². The molecule has 1 unspecified atom stereocenters. The molecule has 13 nitrogen and oxygen atoms in total. The van der Waals surface area contributed by atoms with Gasteiger partial charge in [-0.3, -0.25) is 0 Å². The van der Waals surface area contributed by atoms with Gasteiger partial charge in [-0.05, 0) is 0 Å². The molecule has 0 aromatic heterocycles. The van der Waals surface area contributed by atoms with Crippen molar-refractivity contribution in [2.45, 2.75) is 54.3 Å². The fraction of sp³-hybridized carbons (Fsp3) is 0.867. The average molecular weight is 406 g/mol.